The molecule has 1 saturated carbocycles. The Hall–Kier alpha value is -0.910. The molecule has 0 aromatic carbocycles. The molecule has 3 N–H and O–H groups in total. The van der Waals surface area contributed by atoms with Gasteiger partial charge < -0.3 is 15.5 Å². The summed E-state index contributed by atoms with van der Waals surface area (Å²) in [5.74, 6) is -0.876. The van der Waals surface area contributed by atoms with Crippen molar-refractivity contribution in [2.45, 2.75) is 37.8 Å². The highest BCUT2D eigenvalue weighted by Crippen LogP contribution is 2.30. The van der Waals surface area contributed by atoms with E-state index in [1.165, 1.54) is 11.3 Å². The lowest BCUT2D eigenvalue weighted by atomic mass is 9.99. The molecule has 0 amide bonds. The Kier molecular flexibility index (Phi) is 3.81. The van der Waals surface area contributed by atoms with Crippen LogP contribution in [0.25, 0.3) is 0 Å². The molecular formula is C12H17NO3S. The molecule has 5 heteroatoms. The minimum atomic E-state index is -0.876. The van der Waals surface area contributed by atoms with Gasteiger partial charge in [0.25, 0.3) is 0 Å². The van der Waals surface area contributed by atoms with Gasteiger partial charge in [-0.1, -0.05) is 12.8 Å². The van der Waals surface area contributed by atoms with Crippen molar-refractivity contribution in [3.8, 4) is 0 Å². The maximum atomic E-state index is 10.7. The molecule has 0 radical (unpaired) electrons. The van der Waals surface area contributed by atoms with Crippen molar-refractivity contribution >= 4 is 17.3 Å². The monoisotopic (exact) mass is 255 g/mol. The molecule has 1 fully saturated rings. The molecule has 1 aromatic heterocycles. The first-order valence-electron chi connectivity index (χ1n) is 5.83. The number of thiophene rings is 1. The number of carbonyl (C=O) groups is 1. The van der Waals surface area contributed by atoms with Crippen LogP contribution >= 0.6 is 11.3 Å². The van der Waals surface area contributed by atoms with Gasteiger partial charge in [-0.05, 0) is 25.0 Å². The first-order valence-corrected chi connectivity index (χ1v) is 6.65. The highest BCUT2D eigenvalue weighted by molar-refractivity contribution is 7.13. The van der Waals surface area contributed by atoms with E-state index >= 15 is 0 Å². The van der Waals surface area contributed by atoms with E-state index in [2.05, 4.69) is 5.32 Å². The number of hydrogen-bond acceptors (Lipinski definition) is 4. The summed E-state index contributed by atoms with van der Waals surface area (Å²) in [6.07, 6.45) is 4.30. The van der Waals surface area contributed by atoms with E-state index in [1.54, 1.807) is 6.07 Å². The predicted octanol–water partition coefficient (Wildman–Crippen LogP) is 1.84. The number of carboxylic acid groups (broad SMARTS) is 1. The van der Waals surface area contributed by atoms with E-state index in [0.29, 0.717) is 11.4 Å². The van der Waals surface area contributed by atoms with Crippen LogP contribution in [0.1, 0.15) is 40.2 Å². The molecule has 94 valence electrons. The Bertz CT molecular complexity index is 396. The summed E-state index contributed by atoms with van der Waals surface area (Å²) >= 11 is 1.29. The molecule has 1 aliphatic rings. The van der Waals surface area contributed by atoms with Gasteiger partial charge in [0.15, 0.2) is 0 Å². The predicted molar refractivity (Wildman–Crippen MR) is 66.4 cm³/mol. The van der Waals surface area contributed by atoms with Gasteiger partial charge in [0, 0.05) is 17.0 Å². The topological polar surface area (TPSA) is 69.6 Å². The summed E-state index contributed by atoms with van der Waals surface area (Å²) in [6.45, 7) is 0.794. The van der Waals surface area contributed by atoms with Crippen LogP contribution in [0.3, 0.4) is 0 Å². The Balaban J connectivity index is 1.94. The van der Waals surface area contributed by atoms with E-state index in [-0.39, 0.29) is 12.1 Å². The second kappa shape index (κ2) is 5.16. The highest BCUT2D eigenvalue weighted by Gasteiger charge is 2.32. The van der Waals surface area contributed by atoms with E-state index in [1.807, 2.05) is 6.07 Å². The van der Waals surface area contributed by atoms with E-state index < -0.39 is 5.97 Å². The molecule has 17 heavy (non-hydrogen) atoms. The van der Waals surface area contributed by atoms with Crippen LogP contribution in [0.2, 0.25) is 0 Å². The van der Waals surface area contributed by atoms with Gasteiger partial charge in [-0.2, -0.15) is 0 Å². The number of aromatic carboxylic acids is 1. The minimum Gasteiger partial charge on any atom is -0.477 e. The number of rotatable bonds is 5. The standard InChI is InChI=1S/C12H17NO3S/c14-8-12(5-1-2-6-12)13-7-9-3-4-10(17-9)11(15)16/h3-4,13-14H,1-2,5-8H2,(H,15,16). The Morgan fingerprint density at radius 2 is 2.12 bits per heavy atom. The number of carboxylic acids is 1. The summed E-state index contributed by atoms with van der Waals surface area (Å²) in [4.78, 5) is 12.1. The number of aliphatic hydroxyl groups excluding tert-OH is 1. The number of nitrogens with one attached hydrogen (secondary N) is 1. The normalized spacial score (nSPS) is 18.4. The van der Waals surface area contributed by atoms with Gasteiger partial charge in [-0.15, -0.1) is 11.3 Å². The molecule has 0 atom stereocenters. The van der Waals surface area contributed by atoms with Crippen molar-refractivity contribution < 1.29 is 15.0 Å². The zero-order chi connectivity index (χ0) is 12.3. The van der Waals surface area contributed by atoms with Crippen molar-refractivity contribution in [2.24, 2.45) is 0 Å². The van der Waals surface area contributed by atoms with Gasteiger partial charge in [0.2, 0.25) is 0 Å². The lowest BCUT2D eigenvalue weighted by Gasteiger charge is -2.27. The Morgan fingerprint density at radius 1 is 1.41 bits per heavy atom. The molecule has 2 rings (SSSR count). The average molecular weight is 255 g/mol. The summed E-state index contributed by atoms with van der Waals surface area (Å²) in [6, 6.07) is 3.46. The quantitative estimate of drug-likeness (QED) is 0.751. The fourth-order valence-corrected chi connectivity index (χ4v) is 3.09. The van der Waals surface area contributed by atoms with Gasteiger partial charge >= 0.3 is 5.97 Å². The van der Waals surface area contributed by atoms with Gasteiger partial charge in [0.05, 0.1) is 6.61 Å². The summed E-state index contributed by atoms with van der Waals surface area (Å²) in [5, 5.41) is 21.6. The maximum absolute atomic E-state index is 10.7. The molecule has 0 saturated heterocycles. The molecule has 0 spiro atoms. The minimum absolute atomic E-state index is 0.145. The van der Waals surface area contributed by atoms with Gasteiger partial charge in [-0.25, -0.2) is 4.79 Å². The lowest BCUT2D eigenvalue weighted by Crippen LogP contribution is -2.45. The van der Waals surface area contributed by atoms with Crippen molar-refractivity contribution in [3.05, 3.63) is 21.9 Å². The molecule has 0 aliphatic heterocycles. The van der Waals surface area contributed by atoms with Crippen molar-refractivity contribution in [1.82, 2.24) is 5.32 Å². The van der Waals surface area contributed by atoms with Crippen LogP contribution in [-0.2, 0) is 6.54 Å². The second-order valence-electron chi connectivity index (χ2n) is 4.57. The molecule has 1 aliphatic carbocycles. The molecule has 0 bridgehead atoms. The third kappa shape index (κ3) is 2.86. The van der Waals surface area contributed by atoms with Crippen LogP contribution < -0.4 is 5.32 Å². The Labute approximate surface area is 104 Å². The summed E-state index contributed by atoms with van der Waals surface area (Å²) in [7, 11) is 0. The number of aliphatic hydroxyl groups is 1. The zero-order valence-electron chi connectivity index (χ0n) is 9.61. The van der Waals surface area contributed by atoms with Crippen molar-refractivity contribution in [3.63, 3.8) is 0 Å². The van der Waals surface area contributed by atoms with Crippen LogP contribution in [0, 0.1) is 0 Å². The SMILES string of the molecule is O=C(O)c1ccc(CNC2(CO)CCCC2)s1. The molecule has 1 aromatic rings. The average Bonchev–Trinajstić information content (AvgIpc) is 2.96. The smallest absolute Gasteiger partial charge is 0.345 e. The fraction of sp³-hybridized carbons (Fsp3) is 0.583. The molecule has 4 nitrogen and oxygen atoms in total. The van der Waals surface area contributed by atoms with E-state index in [9.17, 15) is 9.90 Å². The van der Waals surface area contributed by atoms with Crippen LogP contribution in [0.5, 0.6) is 0 Å². The lowest BCUT2D eigenvalue weighted by molar-refractivity contribution is 0.0702. The largest absolute Gasteiger partial charge is 0.477 e. The number of hydrogen-bond donors (Lipinski definition) is 3. The highest BCUT2D eigenvalue weighted by atomic mass is 32.1. The molecule has 1 heterocycles. The van der Waals surface area contributed by atoms with Crippen LogP contribution in [-0.4, -0.2) is 28.3 Å². The second-order valence-corrected chi connectivity index (χ2v) is 5.74. The summed E-state index contributed by atoms with van der Waals surface area (Å²) < 4.78 is 0. The first-order chi connectivity index (χ1) is 8.15. The van der Waals surface area contributed by atoms with Crippen LogP contribution in [0.4, 0.5) is 0 Å². The Morgan fingerprint density at radius 3 is 2.65 bits per heavy atom. The zero-order valence-corrected chi connectivity index (χ0v) is 10.4. The third-order valence-electron chi connectivity index (χ3n) is 3.37. The molecule has 0 unspecified atom stereocenters. The third-order valence-corrected chi connectivity index (χ3v) is 4.45. The van der Waals surface area contributed by atoms with E-state index in [4.69, 9.17) is 5.11 Å². The molecular weight excluding hydrogens is 238 g/mol. The first kappa shape index (κ1) is 12.5. The van der Waals surface area contributed by atoms with Crippen molar-refractivity contribution in [2.75, 3.05) is 6.61 Å². The maximum Gasteiger partial charge on any atom is 0.345 e. The van der Waals surface area contributed by atoms with Crippen molar-refractivity contribution in [1.29, 1.82) is 0 Å². The summed E-state index contributed by atoms with van der Waals surface area (Å²) in [5.41, 5.74) is -0.145. The van der Waals surface area contributed by atoms with Gasteiger partial charge in [0.1, 0.15) is 4.88 Å². The van der Waals surface area contributed by atoms with Crippen LogP contribution in [0.15, 0.2) is 12.1 Å². The van der Waals surface area contributed by atoms with Gasteiger partial charge in [-0.3, -0.25) is 0 Å². The van der Waals surface area contributed by atoms with E-state index in [0.717, 1.165) is 30.6 Å². The fourth-order valence-electron chi connectivity index (χ4n) is 2.31.